The van der Waals surface area contributed by atoms with Gasteiger partial charge in [-0.1, -0.05) is 11.6 Å². The normalized spacial score (nSPS) is 26.8. The first-order valence-electron chi connectivity index (χ1n) is 2.23. The molecule has 1 atom stereocenters. The van der Waals surface area contributed by atoms with E-state index in [-0.39, 0.29) is 11.3 Å². The van der Waals surface area contributed by atoms with Crippen LogP contribution >= 0.6 is 11.6 Å². The highest BCUT2D eigenvalue weighted by atomic mass is 35.5. The number of halogens is 2. The Hall–Kier alpha value is -0.500. The summed E-state index contributed by atoms with van der Waals surface area (Å²) in [6.07, 6.45) is 4.09. The number of rotatable bonds is 0. The maximum atomic E-state index is 12.1. The third kappa shape index (κ3) is 1.23. The van der Waals surface area contributed by atoms with Crippen molar-refractivity contribution in [1.29, 1.82) is 0 Å². The molecule has 0 amide bonds. The van der Waals surface area contributed by atoms with Gasteiger partial charge in [0, 0.05) is 6.20 Å². The molecule has 1 aliphatic rings. The van der Waals surface area contributed by atoms with Gasteiger partial charge in [-0.05, 0) is 12.2 Å². The molecule has 3 heteroatoms. The van der Waals surface area contributed by atoms with Gasteiger partial charge in [0.2, 0.25) is 0 Å². The fraction of sp³-hybridized carbons (Fsp3) is 0.200. The molecule has 1 N–H and O–H groups in total. The highest BCUT2D eigenvalue weighted by molar-refractivity contribution is 6.21. The zero-order chi connectivity index (χ0) is 5.98. The van der Waals surface area contributed by atoms with Crippen molar-refractivity contribution >= 4 is 11.6 Å². The summed E-state index contributed by atoms with van der Waals surface area (Å²) in [5.74, 6) is -0.288. The lowest BCUT2D eigenvalue weighted by molar-refractivity contribution is 0.646. The summed E-state index contributed by atoms with van der Waals surface area (Å²) in [4.78, 5) is 0. The zero-order valence-electron chi connectivity index (χ0n) is 4.07. The molecule has 0 aromatic carbocycles. The van der Waals surface area contributed by atoms with E-state index in [1.54, 1.807) is 0 Å². The minimum atomic E-state index is -0.389. The first kappa shape index (κ1) is 5.63. The molecule has 44 valence electrons. The lowest BCUT2D eigenvalue weighted by atomic mass is 10.4. The molecule has 0 saturated heterocycles. The summed E-state index contributed by atoms with van der Waals surface area (Å²) in [7, 11) is 0. The van der Waals surface area contributed by atoms with E-state index < -0.39 is 0 Å². The highest BCUT2D eigenvalue weighted by Gasteiger charge is 2.01. The summed E-state index contributed by atoms with van der Waals surface area (Å²) in [6, 6.07) is 0. The van der Waals surface area contributed by atoms with Gasteiger partial charge in [-0.3, -0.25) is 0 Å². The van der Waals surface area contributed by atoms with E-state index in [0.717, 1.165) is 0 Å². The number of hydrogen-bond acceptors (Lipinski definition) is 1. The number of allylic oxidation sites excluding steroid dienone is 2. The Morgan fingerprint density at radius 3 is 2.88 bits per heavy atom. The van der Waals surface area contributed by atoms with E-state index in [0.29, 0.717) is 0 Å². The average molecular weight is 134 g/mol. The van der Waals surface area contributed by atoms with Gasteiger partial charge in [0.25, 0.3) is 0 Å². The second-order valence-corrected chi connectivity index (χ2v) is 1.92. The fourth-order valence-corrected chi connectivity index (χ4v) is 0.656. The Kier molecular flexibility index (Phi) is 1.53. The van der Waals surface area contributed by atoms with Gasteiger partial charge >= 0.3 is 0 Å². The van der Waals surface area contributed by atoms with Crippen molar-refractivity contribution in [3.8, 4) is 0 Å². The standard InChI is InChI=1S/C5H5ClFN/c6-5-3-4(7)1-2-8-5/h1-3,5,8H. The van der Waals surface area contributed by atoms with Crippen LogP contribution in [0.1, 0.15) is 0 Å². The molecule has 0 saturated carbocycles. The summed E-state index contributed by atoms with van der Waals surface area (Å²) >= 11 is 5.43. The van der Waals surface area contributed by atoms with E-state index in [1.807, 2.05) is 0 Å². The maximum Gasteiger partial charge on any atom is 0.123 e. The largest absolute Gasteiger partial charge is 0.372 e. The third-order valence-electron chi connectivity index (χ3n) is 0.804. The minimum Gasteiger partial charge on any atom is -0.372 e. The van der Waals surface area contributed by atoms with Crippen LogP contribution in [-0.2, 0) is 0 Å². The molecule has 0 aromatic rings. The van der Waals surface area contributed by atoms with E-state index in [4.69, 9.17) is 11.6 Å². The van der Waals surface area contributed by atoms with E-state index in [2.05, 4.69) is 5.32 Å². The van der Waals surface area contributed by atoms with Gasteiger partial charge < -0.3 is 5.32 Å². The van der Waals surface area contributed by atoms with Crippen molar-refractivity contribution in [2.24, 2.45) is 0 Å². The van der Waals surface area contributed by atoms with Crippen molar-refractivity contribution in [2.75, 3.05) is 0 Å². The van der Waals surface area contributed by atoms with Crippen LogP contribution < -0.4 is 5.32 Å². The third-order valence-corrected chi connectivity index (χ3v) is 1.06. The molecule has 1 heterocycles. The number of dihydropyridines is 1. The molecule has 8 heavy (non-hydrogen) atoms. The van der Waals surface area contributed by atoms with Crippen LogP contribution in [0.15, 0.2) is 24.2 Å². The Labute approximate surface area is 51.8 Å². The second kappa shape index (κ2) is 2.18. The predicted molar refractivity (Wildman–Crippen MR) is 31.1 cm³/mol. The Bertz CT molecular complexity index is 141. The van der Waals surface area contributed by atoms with Crippen LogP contribution in [0.25, 0.3) is 0 Å². The Morgan fingerprint density at radius 2 is 2.50 bits per heavy atom. The zero-order valence-corrected chi connectivity index (χ0v) is 4.82. The molecule has 1 aliphatic heterocycles. The Balaban J connectivity index is 2.63. The average Bonchev–Trinajstić information content (AvgIpc) is 1.64. The van der Waals surface area contributed by atoms with Gasteiger partial charge in [0.1, 0.15) is 11.3 Å². The lowest BCUT2D eigenvalue weighted by Gasteiger charge is -2.06. The van der Waals surface area contributed by atoms with Crippen molar-refractivity contribution in [2.45, 2.75) is 5.50 Å². The number of hydrogen-bond donors (Lipinski definition) is 1. The fourth-order valence-electron chi connectivity index (χ4n) is 0.463. The molecule has 1 rings (SSSR count). The first-order chi connectivity index (χ1) is 3.79. The van der Waals surface area contributed by atoms with Gasteiger partial charge in [-0.2, -0.15) is 0 Å². The van der Waals surface area contributed by atoms with Crippen LogP contribution in [0.5, 0.6) is 0 Å². The van der Waals surface area contributed by atoms with Crippen LogP contribution in [-0.4, -0.2) is 5.50 Å². The molecule has 0 bridgehead atoms. The molecule has 1 nitrogen and oxygen atoms in total. The van der Waals surface area contributed by atoms with Crippen molar-refractivity contribution in [3.05, 3.63) is 24.2 Å². The summed E-state index contributed by atoms with van der Waals surface area (Å²) < 4.78 is 12.1. The number of nitrogens with one attached hydrogen (secondary N) is 1. The first-order valence-corrected chi connectivity index (χ1v) is 2.67. The molecule has 1 unspecified atom stereocenters. The monoisotopic (exact) mass is 133 g/mol. The molecule has 0 aromatic heterocycles. The lowest BCUT2D eigenvalue weighted by Crippen LogP contribution is -2.17. The van der Waals surface area contributed by atoms with Crippen LogP contribution in [0.2, 0.25) is 0 Å². The predicted octanol–water partition coefficient (Wildman–Crippen LogP) is 1.52. The van der Waals surface area contributed by atoms with Crippen LogP contribution in [0.3, 0.4) is 0 Å². The van der Waals surface area contributed by atoms with Crippen molar-refractivity contribution < 1.29 is 4.39 Å². The molecule has 0 radical (unpaired) electrons. The summed E-state index contributed by atoms with van der Waals surface area (Å²) in [5.41, 5.74) is -0.389. The van der Waals surface area contributed by atoms with Gasteiger partial charge in [-0.15, -0.1) is 0 Å². The topological polar surface area (TPSA) is 12.0 Å². The van der Waals surface area contributed by atoms with Crippen LogP contribution in [0.4, 0.5) is 4.39 Å². The summed E-state index contributed by atoms with van der Waals surface area (Å²) in [5, 5.41) is 2.68. The number of alkyl halides is 1. The second-order valence-electron chi connectivity index (χ2n) is 1.45. The maximum absolute atomic E-state index is 12.1. The van der Waals surface area contributed by atoms with Gasteiger partial charge in [0.15, 0.2) is 0 Å². The molecular weight excluding hydrogens is 129 g/mol. The Morgan fingerprint density at radius 1 is 1.75 bits per heavy atom. The van der Waals surface area contributed by atoms with Crippen LogP contribution in [0, 0.1) is 0 Å². The summed E-state index contributed by atoms with van der Waals surface area (Å²) in [6.45, 7) is 0. The van der Waals surface area contributed by atoms with Crippen molar-refractivity contribution in [1.82, 2.24) is 5.32 Å². The smallest absolute Gasteiger partial charge is 0.123 e. The highest BCUT2D eigenvalue weighted by Crippen LogP contribution is 2.07. The van der Waals surface area contributed by atoms with E-state index in [1.165, 1.54) is 18.4 Å². The molecule has 0 aliphatic carbocycles. The molecule has 0 fully saturated rings. The molecule has 0 spiro atoms. The molecular formula is C5H5ClFN. The van der Waals surface area contributed by atoms with E-state index in [9.17, 15) is 4.39 Å². The SMILES string of the molecule is FC1=CC(Cl)NC=C1. The van der Waals surface area contributed by atoms with E-state index >= 15 is 0 Å². The van der Waals surface area contributed by atoms with Crippen molar-refractivity contribution in [3.63, 3.8) is 0 Å². The quantitative estimate of drug-likeness (QED) is 0.390. The minimum absolute atomic E-state index is 0.288. The van der Waals surface area contributed by atoms with Gasteiger partial charge in [0.05, 0.1) is 0 Å². The van der Waals surface area contributed by atoms with Gasteiger partial charge in [-0.25, -0.2) is 4.39 Å².